The van der Waals surface area contributed by atoms with Crippen molar-refractivity contribution in [3.63, 3.8) is 0 Å². The molecule has 1 aliphatic carbocycles. The lowest BCUT2D eigenvalue weighted by atomic mass is 9.71. The first-order valence-corrected chi connectivity index (χ1v) is 9.71. The average molecular weight is 355 g/mol. The molecule has 4 rings (SSSR count). The highest BCUT2D eigenvalue weighted by atomic mass is 35.5. The van der Waals surface area contributed by atoms with Crippen molar-refractivity contribution in [2.75, 3.05) is 26.2 Å². The summed E-state index contributed by atoms with van der Waals surface area (Å²) < 4.78 is 0. The highest BCUT2D eigenvalue weighted by molar-refractivity contribution is 7.10. The topological polar surface area (TPSA) is 32.3 Å². The van der Waals surface area contributed by atoms with Crippen LogP contribution in [0.4, 0.5) is 0 Å². The van der Waals surface area contributed by atoms with Gasteiger partial charge in [-0.15, -0.1) is 23.7 Å². The Kier molecular flexibility index (Phi) is 5.34. The average Bonchev–Trinajstić information content (AvgIpc) is 3.04. The molecule has 0 radical (unpaired) electrons. The molecule has 1 spiro atoms. The third-order valence-electron chi connectivity index (χ3n) is 6.15. The first-order chi connectivity index (χ1) is 10.8. The lowest BCUT2D eigenvalue weighted by Gasteiger charge is -2.45. The molecule has 23 heavy (non-hydrogen) atoms. The van der Waals surface area contributed by atoms with Crippen LogP contribution in [0.5, 0.6) is 0 Å². The van der Waals surface area contributed by atoms with E-state index in [-0.39, 0.29) is 18.3 Å². The number of hydrogen-bond acceptors (Lipinski definition) is 3. The van der Waals surface area contributed by atoms with E-state index in [9.17, 15) is 4.79 Å². The van der Waals surface area contributed by atoms with Gasteiger partial charge in [0, 0.05) is 18.0 Å². The number of thiophene rings is 1. The minimum atomic E-state index is 0. The molecular weight excluding hydrogens is 328 g/mol. The third-order valence-corrected chi connectivity index (χ3v) is 7.15. The van der Waals surface area contributed by atoms with Gasteiger partial charge < -0.3 is 10.2 Å². The van der Waals surface area contributed by atoms with Gasteiger partial charge in [0.1, 0.15) is 0 Å². The van der Waals surface area contributed by atoms with E-state index in [0.29, 0.717) is 11.3 Å². The predicted molar refractivity (Wildman–Crippen MR) is 97.6 cm³/mol. The molecule has 3 heterocycles. The van der Waals surface area contributed by atoms with Gasteiger partial charge in [-0.3, -0.25) is 4.79 Å². The molecule has 3 aliphatic rings. The van der Waals surface area contributed by atoms with Crippen molar-refractivity contribution in [3.05, 3.63) is 21.9 Å². The van der Waals surface area contributed by atoms with Crippen molar-refractivity contribution in [2.45, 2.75) is 50.9 Å². The number of hydrogen-bond donors (Lipinski definition) is 1. The fourth-order valence-electron chi connectivity index (χ4n) is 4.62. The Morgan fingerprint density at radius 3 is 2.70 bits per heavy atom. The van der Waals surface area contributed by atoms with Crippen LogP contribution in [0.25, 0.3) is 0 Å². The number of carbonyl (C=O) groups is 1. The number of nitrogens with zero attached hydrogens (tertiary/aromatic N) is 1. The van der Waals surface area contributed by atoms with Gasteiger partial charge in [-0.1, -0.05) is 0 Å². The van der Waals surface area contributed by atoms with Crippen molar-refractivity contribution >= 4 is 29.7 Å². The smallest absolute Gasteiger partial charge is 0.230 e. The SMILES string of the molecule is Cl.O=C(C1CCCc2sccc21)N1CCC2(CCNCC2)CC1. The van der Waals surface area contributed by atoms with Crippen molar-refractivity contribution in [2.24, 2.45) is 5.41 Å². The van der Waals surface area contributed by atoms with E-state index in [2.05, 4.69) is 21.7 Å². The maximum absolute atomic E-state index is 13.0. The molecule has 0 saturated carbocycles. The van der Waals surface area contributed by atoms with E-state index < -0.39 is 0 Å². The van der Waals surface area contributed by atoms with E-state index in [4.69, 9.17) is 0 Å². The van der Waals surface area contributed by atoms with Gasteiger partial charge in [-0.05, 0) is 80.5 Å². The number of fused-ring (bicyclic) bond motifs is 1. The zero-order chi connectivity index (χ0) is 15.0. The lowest BCUT2D eigenvalue weighted by Crippen LogP contribution is -2.48. The molecule has 1 atom stereocenters. The van der Waals surface area contributed by atoms with E-state index in [1.807, 2.05) is 11.3 Å². The van der Waals surface area contributed by atoms with Crippen molar-refractivity contribution in [1.29, 1.82) is 0 Å². The fourth-order valence-corrected chi connectivity index (χ4v) is 5.61. The first-order valence-electron chi connectivity index (χ1n) is 8.83. The van der Waals surface area contributed by atoms with Crippen LogP contribution in [-0.4, -0.2) is 37.0 Å². The number of piperidine rings is 2. The number of amides is 1. The monoisotopic (exact) mass is 354 g/mol. The molecule has 2 aliphatic heterocycles. The number of rotatable bonds is 1. The van der Waals surface area contributed by atoms with Gasteiger partial charge in [-0.25, -0.2) is 0 Å². The zero-order valence-electron chi connectivity index (χ0n) is 13.7. The summed E-state index contributed by atoms with van der Waals surface area (Å²) in [5, 5.41) is 5.63. The van der Waals surface area contributed by atoms with Crippen LogP contribution in [0, 0.1) is 5.41 Å². The van der Waals surface area contributed by atoms with E-state index in [1.54, 1.807) is 0 Å². The maximum atomic E-state index is 13.0. The Balaban J connectivity index is 0.00000156. The van der Waals surface area contributed by atoms with E-state index in [1.165, 1.54) is 49.0 Å². The third kappa shape index (κ3) is 3.31. The van der Waals surface area contributed by atoms with Crippen molar-refractivity contribution in [1.82, 2.24) is 10.2 Å². The molecule has 1 N–H and O–H groups in total. The Morgan fingerprint density at radius 1 is 1.22 bits per heavy atom. The molecule has 3 nitrogen and oxygen atoms in total. The van der Waals surface area contributed by atoms with Gasteiger partial charge >= 0.3 is 0 Å². The van der Waals surface area contributed by atoms with Crippen LogP contribution in [-0.2, 0) is 11.2 Å². The van der Waals surface area contributed by atoms with Gasteiger partial charge in [0.05, 0.1) is 5.92 Å². The number of carbonyl (C=O) groups excluding carboxylic acids is 1. The summed E-state index contributed by atoms with van der Waals surface area (Å²) in [6.07, 6.45) is 8.42. The second kappa shape index (κ2) is 7.12. The standard InChI is InChI=1S/C18H26N2OS.ClH/c21-17(15-2-1-3-16-14(15)4-13-22-16)20-11-7-18(8-12-20)5-9-19-10-6-18;/h4,13,15,19H,1-3,5-12H2;1H. The number of halogens is 1. The highest BCUT2D eigenvalue weighted by Gasteiger charge is 2.38. The van der Waals surface area contributed by atoms with Crippen LogP contribution in [0.3, 0.4) is 0 Å². The number of likely N-dealkylation sites (tertiary alicyclic amines) is 1. The molecule has 1 aromatic rings. The second-order valence-electron chi connectivity index (χ2n) is 7.32. The Morgan fingerprint density at radius 2 is 1.96 bits per heavy atom. The van der Waals surface area contributed by atoms with Gasteiger partial charge in [-0.2, -0.15) is 0 Å². The Labute approximate surface area is 149 Å². The molecule has 2 saturated heterocycles. The molecular formula is C18H27ClN2OS. The van der Waals surface area contributed by atoms with Crippen LogP contribution in [0.1, 0.15) is 54.9 Å². The van der Waals surface area contributed by atoms with E-state index in [0.717, 1.165) is 32.6 Å². The van der Waals surface area contributed by atoms with Crippen LogP contribution in [0.15, 0.2) is 11.4 Å². The molecule has 0 aromatic carbocycles. The minimum absolute atomic E-state index is 0. The van der Waals surface area contributed by atoms with Gasteiger partial charge in [0.15, 0.2) is 0 Å². The van der Waals surface area contributed by atoms with Crippen LogP contribution >= 0.6 is 23.7 Å². The van der Waals surface area contributed by atoms with Crippen LogP contribution < -0.4 is 5.32 Å². The molecule has 1 unspecified atom stereocenters. The molecule has 5 heteroatoms. The quantitative estimate of drug-likeness (QED) is 0.836. The van der Waals surface area contributed by atoms with Gasteiger partial charge in [0.2, 0.25) is 5.91 Å². The molecule has 1 aromatic heterocycles. The Bertz CT molecular complexity index is 543. The fraction of sp³-hybridized carbons (Fsp3) is 0.722. The summed E-state index contributed by atoms with van der Waals surface area (Å²) in [7, 11) is 0. The molecule has 1 amide bonds. The number of nitrogens with one attached hydrogen (secondary N) is 1. The molecule has 128 valence electrons. The predicted octanol–water partition coefficient (Wildman–Crippen LogP) is 3.58. The lowest BCUT2D eigenvalue weighted by molar-refractivity contribution is -0.135. The summed E-state index contributed by atoms with van der Waals surface area (Å²) in [6.45, 7) is 4.28. The largest absolute Gasteiger partial charge is 0.342 e. The second-order valence-corrected chi connectivity index (χ2v) is 8.32. The minimum Gasteiger partial charge on any atom is -0.342 e. The van der Waals surface area contributed by atoms with E-state index >= 15 is 0 Å². The maximum Gasteiger partial charge on any atom is 0.230 e. The Hall–Kier alpha value is -0.580. The first kappa shape index (κ1) is 17.2. The molecule has 0 bridgehead atoms. The van der Waals surface area contributed by atoms with Crippen molar-refractivity contribution in [3.8, 4) is 0 Å². The van der Waals surface area contributed by atoms with Crippen molar-refractivity contribution < 1.29 is 4.79 Å². The zero-order valence-corrected chi connectivity index (χ0v) is 15.3. The summed E-state index contributed by atoms with van der Waals surface area (Å²) >= 11 is 1.83. The molecule has 2 fully saturated rings. The van der Waals surface area contributed by atoms with Gasteiger partial charge in [0.25, 0.3) is 0 Å². The summed E-state index contributed by atoms with van der Waals surface area (Å²) in [5.74, 6) is 0.556. The summed E-state index contributed by atoms with van der Waals surface area (Å²) in [5.41, 5.74) is 1.87. The van der Waals surface area contributed by atoms with Crippen LogP contribution in [0.2, 0.25) is 0 Å². The summed E-state index contributed by atoms with van der Waals surface area (Å²) in [4.78, 5) is 16.6. The normalized spacial score (nSPS) is 26.4. The summed E-state index contributed by atoms with van der Waals surface area (Å²) in [6, 6.07) is 2.19. The number of aryl methyl sites for hydroxylation is 1. The highest BCUT2D eigenvalue weighted by Crippen LogP contribution is 2.41.